The Balaban J connectivity index is 1.98. The molecular weight excluding hydrogens is 332 g/mol. The lowest BCUT2D eigenvalue weighted by Gasteiger charge is -2.15. The van der Waals surface area contributed by atoms with Crippen LogP contribution in [0, 0.1) is 34.6 Å². The van der Waals surface area contributed by atoms with E-state index in [0.717, 1.165) is 44.8 Å². The van der Waals surface area contributed by atoms with Gasteiger partial charge in [0.15, 0.2) is 16.6 Å². The van der Waals surface area contributed by atoms with Gasteiger partial charge in [0.1, 0.15) is 5.82 Å². The molecule has 130 valence electrons. The third-order valence-electron chi connectivity index (χ3n) is 4.49. The van der Waals surface area contributed by atoms with Crippen molar-refractivity contribution in [2.24, 2.45) is 0 Å². The highest BCUT2D eigenvalue weighted by Gasteiger charge is 2.16. The fourth-order valence-electron chi connectivity index (χ4n) is 3.42. The Hall–Kier alpha value is -2.21. The lowest BCUT2D eigenvalue weighted by Crippen LogP contribution is -2.05. The van der Waals surface area contributed by atoms with Crippen molar-refractivity contribution in [3.8, 4) is 0 Å². The van der Waals surface area contributed by atoms with Crippen LogP contribution in [0.5, 0.6) is 0 Å². The van der Waals surface area contributed by atoms with Crippen LogP contribution in [0.3, 0.4) is 0 Å². The van der Waals surface area contributed by atoms with Gasteiger partial charge in [0.05, 0.1) is 0 Å². The topological polar surface area (TPSA) is 60.2 Å². The Morgan fingerprint density at radius 2 is 1.80 bits per heavy atom. The van der Waals surface area contributed by atoms with Crippen LogP contribution < -0.4 is 0 Å². The molecule has 0 amide bonds. The van der Waals surface area contributed by atoms with E-state index in [1.807, 2.05) is 38.2 Å². The first-order valence-electron chi connectivity index (χ1n) is 8.22. The molecule has 2 heterocycles. The monoisotopic (exact) mass is 354 g/mol. The molecule has 0 radical (unpaired) electrons. The Bertz CT molecular complexity index is 991. The van der Waals surface area contributed by atoms with Crippen molar-refractivity contribution in [1.82, 2.24) is 19.6 Å². The Morgan fingerprint density at radius 3 is 2.48 bits per heavy atom. The zero-order chi connectivity index (χ0) is 18.3. The first kappa shape index (κ1) is 17.6. The number of fused-ring (bicyclic) bond motifs is 1. The summed E-state index contributed by atoms with van der Waals surface area (Å²) >= 11 is 1.62. The maximum Gasteiger partial charge on any atom is 0.197 e. The van der Waals surface area contributed by atoms with Gasteiger partial charge in [0.25, 0.3) is 0 Å². The molecule has 1 aromatic carbocycles. The molecule has 25 heavy (non-hydrogen) atoms. The van der Waals surface area contributed by atoms with Crippen LogP contribution in [-0.2, 0) is 5.75 Å². The number of benzene rings is 1. The fourth-order valence-corrected chi connectivity index (χ4v) is 4.59. The number of hydrogen-bond donors (Lipinski definition) is 0. The smallest absolute Gasteiger partial charge is 0.197 e. The van der Waals surface area contributed by atoms with E-state index in [1.54, 1.807) is 18.7 Å². The van der Waals surface area contributed by atoms with Gasteiger partial charge in [-0.1, -0.05) is 17.8 Å². The lowest BCUT2D eigenvalue weighted by molar-refractivity contribution is 0.101. The van der Waals surface area contributed by atoms with Crippen molar-refractivity contribution in [2.75, 3.05) is 0 Å². The summed E-state index contributed by atoms with van der Waals surface area (Å²) < 4.78 is 1.97. The van der Waals surface area contributed by atoms with Crippen molar-refractivity contribution in [3.63, 3.8) is 0 Å². The van der Waals surface area contributed by atoms with E-state index >= 15 is 0 Å². The summed E-state index contributed by atoms with van der Waals surface area (Å²) in [5.41, 5.74) is 7.08. The normalized spacial score (nSPS) is 11.3. The van der Waals surface area contributed by atoms with E-state index < -0.39 is 0 Å². The second-order valence-corrected chi connectivity index (χ2v) is 7.40. The number of Topliss-reactive ketones (excluding diaryl/α,β-unsaturated/α-hetero) is 1. The Kier molecular flexibility index (Phi) is 4.64. The average Bonchev–Trinajstić information content (AvgIpc) is 2.89. The third kappa shape index (κ3) is 3.18. The molecule has 3 aromatic rings. The van der Waals surface area contributed by atoms with Crippen LogP contribution in [0.15, 0.2) is 17.3 Å². The minimum Gasteiger partial charge on any atom is -0.294 e. The molecule has 5 nitrogen and oxygen atoms in total. The predicted octanol–water partition coefficient (Wildman–Crippen LogP) is 4.16. The maximum atomic E-state index is 12.0. The van der Waals surface area contributed by atoms with Crippen molar-refractivity contribution >= 4 is 23.2 Å². The summed E-state index contributed by atoms with van der Waals surface area (Å²) in [6, 6.07) is 4.03. The number of carbonyl (C=O) groups is 1. The zero-order valence-corrected chi connectivity index (χ0v) is 16.3. The zero-order valence-electron chi connectivity index (χ0n) is 15.5. The molecule has 0 atom stereocenters. The lowest BCUT2D eigenvalue weighted by atomic mass is 9.92. The largest absolute Gasteiger partial charge is 0.294 e. The van der Waals surface area contributed by atoms with E-state index in [9.17, 15) is 4.79 Å². The summed E-state index contributed by atoms with van der Waals surface area (Å²) in [4.78, 5) is 16.5. The number of nitrogens with zero attached hydrogens (tertiary/aromatic N) is 4. The van der Waals surface area contributed by atoms with Crippen molar-refractivity contribution < 1.29 is 4.79 Å². The number of aromatic nitrogens is 4. The summed E-state index contributed by atoms with van der Waals surface area (Å²) in [7, 11) is 0. The highest BCUT2D eigenvalue weighted by Crippen LogP contribution is 2.29. The van der Waals surface area contributed by atoms with E-state index in [1.165, 1.54) is 11.1 Å². The molecule has 0 saturated heterocycles. The number of carbonyl (C=O) groups excluding carboxylic acids is 1. The standard InChI is InChI=1S/C19H22N4OS/c1-10-7-11(2)18(14(5)24)13(4)16(10)9-25-19-22-21-17-8-12(3)20-15(6)23(17)19/h7-8H,9H2,1-6H3. The maximum absolute atomic E-state index is 12.0. The van der Waals surface area contributed by atoms with Crippen molar-refractivity contribution in [1.29, 1.82) is 0 Å². The van der Waals surface area contributed by atoms with Gasteiger partial charge < -0.3 is 0 Å². The minimum atomic E-state index is 0.115. The highest BCUT2D eigenvalue weighted by molar-refractivity contribution is 7.98. The van der Waals surface area contributed by atoms with Crippen LogP contribution in [-0.4, -0.2) is 25.4 Å². The van der Waals surface area contributed by atoms with E-state index in [-0.39, 0.29) is 5.78 Å². The van der Waals surface area contributed by atoms with Gasteiger partial charge in [-0.2, -0.15) is 0 Å². The third-order valence-corrected chi connectivity index (χ3v) is 5.44. The second-order valence-electron chi connectivity index (χ2n) is 6.45. The van der Waals surface area contributed by atoms with Gasteiger partial charge in [0, 0.05) is 23.1 Å². The average molecular weight is 354 g/mol. The van der Waals surface area contributed by atoms with Gasteiger partial charge in [-0.05, 0) is 63.8 Å². The number of rotatable bonds is 4. The Morgan fingerprint density at radius 1 is 1.08 bits per heavy atom. The quantitative estimate of drug-likeness (QED) is 0.520. The van der Waals surface area contributed by atoms with Crippen LogP contribution in [0.2, 0.25) is 0 Å². The number of thioether (sulfide) groups is 1. The molecule has 0 aliphatic rings. The van der Waals surface area contributed by atoms with Gasteiger partial charge in [0.2, 0.25) is 0 Å². The van der Waals surface area contributed by atoms with Gasteiger partial charge >= 0.3 is 0 Å². The van der Waals surface area contributed by atoms with E-state index in [0.29, 0.717) is 0 Å². The molecule has 0 aliphatic carbocycles. The number of aryl methyl sites for hydroxylation is 4. The van der Waals surface area contributed by atoms with Gasteiger partial charge in [-0.25, -0.2) is 4.98 Å². The molecular formula is C19H22N4OS. The molecule has 0 fully saturated rings. The first-order valence-corrected chi connectivity index (χ1v) is 9.21. The molecule has 0 unspecified atom stereocenters. The van der Waals surface area contributed by atoms with Crippen molar-refractivity contribution in [3.05, 3.63) is 51.5 Å². The molecule has 0 N–H and O–H groups in total. The highest BCUT2D eigenvalue weighted by atomic mass is 32.2. The summed E-state index contributed by atoms with van der Waals surface area (Å²) in [5.74, 6) is 1.74. The van der Waals surface area contributed by atoms with Crippen LogP contribution in [0.4, 0.5) is 0 Å². The van der Waals surface area contributed by atoms with Gasteiger partial charge in [-0.15, -0.1) is 10.2 Å². The summed E-state index contributed by atoms with van der Waals surface area (Å²) in [6.45, 7) is 11.7. The molecule has 6 heteroatoms. The Labute approximate surface area is 151 Å². The number of hydrogen-bond acceptors (Lipinski definition) is 5. The number of ketones is 1. The fraction of sp³-hybridized carbons (Fsp3) is 0.368. The summed E-state index contributed by atoms with van der Waals surface area (Å²) in [5, 5.41) is 9.39. The summed E-state index contributed by atoms with van der Waals surface area (Å²) in [6.07, 6.45) is 0. The van der Waals surface area contributed by atoms with Crippen LogP contribution >= 0.6 is 11.8 Å². The molecule has 3 rings (SSSR count). The van der Waals surface area contributed by atoms with E-state index in [4.69, 9.17) is 0 Å². The molecule has 2 aromatic heterocycles. The second kappa shape index (κ2) is 6.59. The molecule has 0 aliphatic heterocycles. The minimum absolute atomic E-state index is 0.115. The predicted molar refractivity (Wildman–Crippen MR) is 100 cm³/mol. The molecule has 0 saturated carbocycles. The van der Waals surface area contributed by atoms with Crippen LogP contribution in [0.25, 0.3) is 5.65 Å². The van der Waals surface area contributed by atoms with Crippen molar-refractivity contribution in [2.45, 2.75) is 52.5 Å². The van der Waals surface area contributed by atoms with Crippen LogP contribution in [0.1, 0.15) is 51.1 Å². The molecule has 0 spiro atoms. The first-order chi connectivity index (χ1) is 11.8. The molecule has 0 bridgehead atoms. The SMILES string of the molecule is CC(=O)c1c(C)cc(C)c(CSc2nnc3cc(C)nc(C)n23)c1C. The van der Waals surface area contributed by atoms with E-state index in [2.05, 4.69) is 28.2 Å². The van der Waals surface area contributed by atoms with Gasteiger partial charge in [-0.3, -0.25) is 9.20 Å².